The van der Waals surface area contributed by atoms with Gasteiger partial charge in [-0.3, -0.25) is 10.1 Å². The third-order valence-corrected chi connectivity index (χ3v) is 4.19. The van der Waals surface area contributed by atoms with Crippen molar-refractivity contribution in [3.8, 4) is 5.69 Å². The van der Waals surface area contributed by atoms with E-state index in [1.54, 1.807) is 23.0 Å². The summed E-state index contributed by atoms with van der Waals surface area (Å²) in [7, 11) is 0. The fourth-order valence-corrected chi connectivity index (χ4v) is 2.62. The Balaban J connectivity index is 1.72. The molecule has 0 bridgehead atoms. The Morgan fingerprint density at radius 3 is 2.59 bits per heavy atom. The zero-order valence-electron chi connectivity index (χ0n) is 12.2. The first-order chi connectivity index (χ1) is 10.6. The van der Waals surface area contributed by atoms with Gasteiger partial charge in [-0.2, -0.15) is 5.10 Å². The normalized spacial score (nSPS) is 10.9. The van der Waals surface area contributed by atoms with Gasteiger partial charge >= 0.3 is 0 Å². The summed E-state index contributed by atoms with van der Waals surface area (Å²) < 4.78 is 1.74. The van der Waals surface area contributed by atoms with Crippen molar-refractivity contribution in [2.45, 2.75) is 19.8 Å². The van der Waals surface area contributed by atoms with E-state index in [0.717, 1.165) is 10.7 Å². The Labute approximate surface area is 131 Å². The highest BCUT2D eigenvalue weighted by Gasteiger charge is 2.12. The summed E-state index contributed by atoms with van der Waals surface area (Å²) >= 11 is 1.40. The smallest absolute Gasteiger partial charge is 0.257 e. The van der Waals surface area contributed by atoms with E-state index in [9.17, 15) is 4.79 Å². The van der Waals surface area contributed by atoms with Gasteiger partial charge in [0.2, 0.25) is 5.13 Å². The molecule has 0 fully saturated rings. The van der Waals surface area contributed by atoms with Crippen molar-refractivity contribution in [3.05, 3.63) is 53.3 Å². The fraction of sp³-hybridized carbons (Fsp3) is 0.200. The molecule has 1 amide bonds. The first kappa shape index (κ1) is 14.4. The van der Waals surface area contributed by atoms with Crippen LogP contribution in [0.4, 0.5) is 5.13 Å². The molecule has 2 heterocycles. The van der Waals surface area contributed by atoms with Gasteiger partial charge in [0.1, 0.15) is 5.01 Å². The molecule has 22 heavy (non-hydrogen) atoms. The van der Waals surface area contributed by atoms with Gasteiger partial charge in [0, 0.05) is 23.9 Å². The molecule has 0 saturated heterocycles. The van der Waals surface area contributed by atoms with Crippen molar-refractivity contribution in [1.82, 2.24) is 20.0 Å². The van der Waals surface area contributed by atoms with Crippen LogP contribution in [0.15, 0.2) is 42.7 Å². The molecule has 0 aliphatic heterocycles. The van der Waals surface area contributed by atoms with Crippen LogP contribution in [0.2, 0.25) is 0 Å². The van der Waals surface area contributed by atoms with Crippen LogP contribution in [0.3, 0.4) is 0 Å². The van der Waals surface area contributed by atoms with Gasteiger partial charge in [-0.15, -0.1) is 10.2 Å². The molecule has 0 saturated carbocycles. The number of nitrogens with one attached hydrogen (secondary N) is 1. The van der Waals surface area contributed by atoms with E-state index in [2.05, 4.69) is 20.6 Å². The maximum Gasteiger partial charge on any atom is 0.257 e. The molecule has 7 heteroatoms. The Hall–Kier alpha value is -2.54. The van der Waals surface area contributed by atoms with Gasteiger partial charge in [-0.25, -0.2) is 4.68 Å². The quantitative estimate of drug-likeness (QED) is 0.803. The summed E-state index contributed by atoms with van der Waals surface area (Å²) in [6.07, 6.45) is 3.56. The van der Waals surface area contributed by atoms with Crippen LogP contribution in [-0.2, 0) is 0 Å². The molecule has 112 valence electrons. The number of hydrogen-bond acceptors (Lipinski definition) is 5. The number of benzene rings is 1. The van der Waals surface area contributed by atoms with Gasteiger partial charge in [-0.05, 0) is 30.3 Å². The number of aromatic nitrogens is 4. The zero-order chi connectivity index (χ0) is 15.5. The standard InChI is InChI=1S/C15H15N5OS/c1-10(2)14-18-19-15(22-14)17-13(21)11-4-6-12(7-5-11)20-9-3-8-16-20/h3-10H,1-2H3,(H,17,19,21). The minimum Gasteiger partial charge on any atom is -0.296 e. The van der Waals surface area contributed by atoms with Gasteiger partial charge in [0.05, 0.1) is 5.69 Å². The van der Waals surface area contributed by atoms with Crippen LogP contribution in [0.1, 0.15) is 35.1 Å². The van der Waals surface area contributed by atoms with Gasteiger partial charge in [-0.1, -0.05) is 25.2 Å². The maximum atomic E-state index is 12.2. The zero-order valence-corrected chi connectivity index (χ0v) is 13.0. The van der Waals surface area contributed by atoms with E-state index < -0.39 is 0 Å². The molecular formula is C15H15N5OS. The molecular weight excluding hydrogens is 298 g/mol. The van der Waals surface area contributed by atoms with E-state index >= 15 is 0 Å². The molecule has 2 aromatic heterocycles. The Kier molecular flexibility index (Phi) is 3.97. The molecule has 6 nitrogen and oxygen atoms in total. The van der Waals surface area contributed by atoms with E-state index in [4.69, 9.17) is 0 Å². The lowest BCUT2D eigenvalue weighted by Crippen LogP contribution is -2.11. The number of amides is 1. The van der Waals surface area contributed by atoms with Crippen LogP contribution in [0, 0.1) is 0 Å². The van der Waals surface area contributed by atoms with Gasteiger partial charge in [0.25, 0.3) is 5.91 Å². The summed E-state index contributed by atoms with van der Waals surface area (Å²) in [5.41, 5.74) is 1.47. The van der Waals surface area contributed by atoms with Crippen LogP contribution in [0.25, 0.3) is 5.69 Å². The van der Waals surface area contributed by atoms with Crippen molar-refractivity contribution < 1.29 is 4.79 Å². The topological polar surface area (TPSA) is 72.7 Å². The molecule has 0 aliphatic rings. The number of rotatable bonds is 4. The number of hydrogen-bond donors (Lipinski definition) is 1. The first-order valence-electron chi connectivity index (χ1n) is 6.88. The van der Waals surface area contributed by atoms with Crippen LogP contribution in [0.5, 0.6) is 0 Å². The summed E-state index contributed by atoms with van der Waals surface area (Å²) in [6, 6.07) is 9.07. The minimum atomic E-state index is -0.196. The third kappa shape index (κ3) is 3.04. The second kappa shape index (κ2) is 6.07. The monoisotopic (exact) mass is 313 g/mol. The largest absolute Gasteiger partial charge is 0.296 e. The summed E-state index contributed by atoms with van der Waals surface area (Å²) in [6.45, 7) is 4.08. The minimum absolute atomic E-state index is 0.196. The highest BCUT2D eigenvalue weighted by Crippen LogP contribution is 2.22. The highest BCUT2D eigenvalue weighted by molar-refractivity contribution is 7.15. The second-order valence-electron chi connectivity index (χ2n) is 5.05. The molecule has 1 aromatic carbocycles. The highest BCUT2D eigenvalue weighted by atomic mass is 32.1. The van der Waals surface area contributed by atoms with Gasteiger partial charge in [0.15, 0.2) is 0 Å². The van der Waals surface area contributed by atoms with Crippen molar-refractivity contribution in [2.24, 2.45) is 0 Å². The molecule has 0 unspecified atom stereocenters. The maximum absolute atomic E-state index is 12.2. The Morgan fingerprint density at radius 1 is 1.23 bits per heavy atom. The number of carbonyl (C=O) groups excluding carboxylic acids is 1. The molecule has 0 spiro atoms. The molecule has 1 N–H and O–H groups in total. The second-order valence-corrected chi connectivity index (χ2v) is 6.06. The van der Waals surface area contributed by atoms with Crippen molar-refractivity contribution >= 4 is 22.4 Å². The predicted molar refractivity (Wildman–Crippen MR) is 85.5 cm³/mol. The van der Waals surface area contributed by atoms with E-state index in [1.807, 2.05) is 38.2 Å². The lowest BCUT2D eigenvalue weighted by molar-refractivity contribution is 0.102. The molecule has 3 aromatic rings. The van der Waals surface area contributed by atoms with E-state index in [0.29, 0.717) is 16.6 Å². The average molecular weight is 313 g/mol. The fourth-order valence-electron chi connectivity index (χ4n) is 1.87. The molecule has 0 atom stereocenters. The van der Waals surface area contributed by atoms with Crippen LogP contribution >= 0.6 is 11.3 Å². The molecule has 0 radical (unpaired) electrons. The lowest BCUT2D eigenvalue weighted by Gasteiger charge is -2.04. The summed E-state index contributed by atoms with van der Waals surface area (Å²) in [5, 5.41) is 16.4. The Bertz CT molecular complexity index is 762. The van der Waals surface area contributed by atoms with E-state index in [1.165, 1.54) is 11.3 Å². The number of nitrogens with zero attached hydrogens (tertiary/aromatic N) is 4. The van der Waals surface area contributed by atoms with Crippen LogP contribution < -0.4 is 5.32 Å². The van der Waals surface area contributed by atoms with Crippen LogP contribution in [-0.4, -0.2) is 25.9 Å². The summed E-state index contributed by atoms with van der Waals surface area (Å²) in [5.74, 6) is 0.106. The number of anilines is 1. The average Bonchev–Trinajstić information content (AvgIpc) is 3.19. The molecule has 0 aliphatic carbocycles. The SMILES string of the molecule is CC(C)c1nnc(NC(=O)c2ccc(-n3cccn3)cc2)s1. The third-order valence-electron chi connectivity index (χ3n) is 3.05. The number of carbonyl (C=O) groups is 1. The first-order valence-corrected chi connectivity index (χ1v) is 7.70. The lowest BCUT2D eigenvalue weighted by atomic mass is 10.2. The molecule has 3 rings (SSSR count). The predicted octanol–water partition coefficient (Wildman–Crippen LogP) is 3.10. The van der Waals surface area contributed by atoms with Crippen molar-refractivity contribution in [3.63, 3.8) is 0 Å². The Morgan fingerprint density at radius 2 is 2.00 bits per heavy atom. The summed E-state index contributed by atoms with van der Waals surface area (Å²) in [4.78, 5) is 12.2. The van der Waals surface area contributed by atoms with Crippen molar-refractivity contribution in [2.75, 3.05) is 5.32 Å². The van der Waals surface area contributed by atoms with Crippen molar-refractivity contribution in [1.29, 1.82) is 0 Å². The van der Waals surface area contributed by atoms with Gasteiger partial charge < -0.3 is 0 Å². The van der Waals surface area contributed by atoms with E-state index in [-0.39, 0.29) is 5.91 Å².